The lowest BCUT2D eigenvalue weighted by atomic mass is 10.3. The van der Waals surface area contributed by atoms with Crippen LogP contribution in [0.1, 0.15) is 33.1 Å². The van der Waals surface area contributed by atoms with Crippen molar-refractivity contribution in [3.05, 3.63) is 0 Å². The molecule has 63 valence electrons. The summed E-state index contributed by atoms with van der Waals surface area (Å²) in [7, 11) is 0. The molecule has 11 heavy (non-hydrogen) atoms. The number of hydrogen-bond acceptors (Lipinski definition) is 3. The second-order valence-corrected chi connectivity index (χ2v) is 2.64. The van der Waals surface area contributed by atoms with E-state index < -0.39 is 0 Å². The van der Waals surface area contributed by atoms with Crippen LogP contribution in [-0.2, 0) is 9.53 Å². The highest BCUT2D eigenvalue weighted by atomic mass is 32.1. The van der Waals surface area contributed by atoms with Gasteiger partial charge in [-0.25, -0.2) is 0 Å². The predicted octanol–water partition coefficient (Wildman–Crippen LogP) is 1.98. The van der Waals surface area contributed by atoms with Crippen LogP contribution in [0.25, 0.3) is 0 Å². The Morgan fingerprint density at radius 1 is 1.73 bits per heavy atom. The van der Waals surface area contributed by atoms with Gasteiger partial charge in [0.25, 0.3) is 0 Å². The van der Waals surface area contributed by atoms with Crippen molar-refractivity contribution in [3.63, 3.8) is 0 Å². The van der Waals surface area contributed by atoms with Gasteiger partial charge in [0.1, 0.15) is 0 Å². The molecule has 0 amide bonds. The van der Waals surface area contributed by atoms with E-state index in [-0.39, 0.29) is 12.1 Å². The largest absolute Gasteiger partial charge is 0.463 e. The minimum absolute atomic E-state index is 0.0209. The highest BCUT2D eigenvalue weighted by Gasteiger charge is 2.05. The molecule has 0 aliphatic heterocycles. The average Bonchev–Trinajstić information content (AvgIpc) is 2.00. The summed E-state index contributed by atoms with van der Waals surface area (Å²) in [5.41, 5.74) is 0. The Hall–Kier alpha value is -0.440. The van der Waals surface area contributed by atoms with Gasteiger partial charge in [0.15, 0.2) is 0 Å². The molecule has 3 heteroatoms. The molecule has 1 radical (unpaired) electrons. The zero-order valence-corrected chi connectivity index (χ0v) is 7.74. The Bertz CT molecular complexity index is 134. The standard InChI is InChI=1S/C8H13O2S/c1-3-7(2)10-8(9)5-4-6-11/h7H,3-5H2,1-2H3. The number of carbonyl (C=O) groups excluding carboxylic acids is 1. The number of carbonyl (C=O) groups is 1. The fourth-order valence-electron chi connectivity index (χ4n) is 0.520. The van der Waals surface area contributed by atoms with E-state index in [0.29, 0.717) is 12.8 Å². The Morgan fingerprint density at radius 2 is 2.36 bits per heavy atom. The molecule has 0 saturated carbocycles. The van der Waals surface area contributed by atoms with Gasteiger partial charge in [0.05, 0.1) is 12.5 Å². The molecule has 2 nitrogen and oxygen atoms in total. The van der Waals surface area contributed by atoms with Crippen LogP contribution in [0.2, 0.25) is 0 Å². The molecule has 0 N–H and O–H groups in total. The number of thiocarbonyl (C=S) groups is 1. The molecule has 0 aromatic rings. The first-order valence-corrected chi connectivity index (χ1v) is 4.16. The second kappa shape index (κ2) is 6.28. The molecule has 0 aliphatic rings. The molecule has 0 rings (SSSR count). The maximum atomic E-state index is 10.9. The monoisotopic (exact) mass is 173 g/mol. The first kappa shape index (κ1) is 10.6. The first-order chi connectivity index (χ1) is 5.20. The molecule has 0 bridgehead atoms. The quantitative estimate of drug-likeness (QED) is 0.470. The van der Waals surface area contributed by atoms with E-state index in [9.17, 15) is 4.79 Å². The molecule has 1 unspecified atom stereocenters. The summed E-state index contributed by atoms with van der Waals surface area (Å²) in [6.45, 7) is 3.85. The van der Waals surface area contributed by atoms with E-state index in [4.69, 9.17) is 4.74 Å². The molecule has 0 heterocycles. The summed E-state index contributed by atoms with van der Waals surface area (Å²) in [6, 6.07) is 0. The minimum atomic E-state index is -0.184. The number of rotatable bonds is 5. The van der Waals surface area contributed by atoms with Gasteiger partial charge in [-0.15, -0.1) is 0 Å². The van der Waals surface area contributed by atoms with E-state index in [1.807, 2.05) is 13.8 Å². The predicted molar refractivity (Wildman–Crippen MR) is 47.7 cm³/mol. The SMILES string of the molecule is CCC(C)OC(=O)CC[C]=S. The molecule has 0 spiro atoms. The Balaban J connectivity index is 3.43. The van der Waals surface area contributed by atoms with Gasteiger partial charge in [0, 0.05) is 5.37 Å². The molecule has 1 atom stereocenters. The summed E-state index contributed by atoms with van der Waals surface area (Å²) < 4.78 is 4.98. The maximum absolute atomic E-state index is 10.9. The van der Waals surface area contributed by atoms with Crippen molar-refractivity contribution in [2.75, 3.05) is 0 Å². The molecule has 0 saturated heterocycles. The zero-order valence-electron chi connectivity index (χ0n) is 6.92. The third-order valence-electron chi connectivity index (χ3n) is 1.34. The van der Waals surface area contributed by atoms with Crippen molar-refractivity contribution >= 4 is 23.6 Å². The second-order valence-electron chi connectivity index (χ2n) is 2.35. The van der Waals surface area contributed by atoms with E-state index >= 15 is 0 Å². The van der Waals surface area contributed by atoms with Crippen LogP contribution in [0.5, 0.6) is 0 Å². The lowest BCUT2D eigenvalue weighted by molar-refractivity contribution is -0.148. The van der Waals surface area contributed by atoms with Crippen LogP contribution in [0.15, 0.2) is 0 Å². The van der Waals surface area contributed by atoms with Gasteiger partial charge < -0.3 is 4.74 Å². The normalized spacial score (nSPS) is 12.2. The Labute approximate surface area is 72.9 Å². The molecule has 0 aromatic carbocycles. The summed E-state index contributed by atoms with van der Waals surface area (Å²) in [5, 5.41) is 2.47. The van der Waals surface area contributed by atoms with Crippen LogP contribution >= 0.6 is 12.2 Å². The van der Waals surface area contributed by atoms with E-state index in [1.165, 1.54) is 0 Å². The Morgan fingerprint density at radius 3 is 2.82 bits per heavy atom. The average molecular weight is 173 g/mol. The van der Waals surface area contributed by atoms with Crippen molar-refractivity contribution in [2.24, 2.45) is 0 Å². The highest BCUT2D eigenvalue weighted by Crippen LogP contribution is 1.99. The van der Waals surface area contributed by atoms with E-state index in [2.05, 4.69) is 17.6 Å². The highest BCUT2D eigenvalue weighted by molar-refractivity contribution is 7.78. The molecular formula is C8H13O2S. The fraction of sp³-hybridized carbons (Fsp3) is 0.750. The van der Waals surface area contributed by atoms with Crippen LogP contribution < -0.4 is 0 Å². The van der Waals surface area contributed by atoms with Gasteiger partial charge in [-0.3, -0.25) is 4.79 Å². The van der Waals surface area contributed by atoms with Crippen molar-refractivity contribution in [2.45, 2.75) is 39.2 Å². The summed E-state index contributed by atoms with van der Waals surface area (Å²) in [6.07, 6.45) is 1.73. The third-order valence-corrected chi connectivity index (χ3v) is 1.54. The summed E-state index contributed by atoms with van der Waals surface area (Å²) >= 11 is 4.45. The smallest absolute Gasteiger partial charge is 0.306 e. The van der Waals surface area contributed by atoms with Crippen LogP contribution in [0.4, 0.5) is 0 Å². The van der Waals surface area contributed by atoms with Gasteiger partial charge in [-0.1, -0.05) is 19.1 Å². The molecule has 0 fully saturated rings. The first-order valence-electron chi connectivity index (χ1n) is 3.75. The van der Waals surface area contributed by atoms with Crippen LogP contribution in [-0.4, -0.2) is 17.4 Å². The van der Waals surface area contributed by atoms with Gasteiger partial charge in [-0.2, -0.15) is 0 Å². The van der Waals surface area contributed by atoms with Gasteiger partial charge >= 0.3 is 5.97 Å². The lowest BCUT2D eigenvalue weighted by Gasteiger charge is -2.09. The number of hydrogen-bond donors (Lipinski definition) is 0. The van der Waals surface area contributed by atoms with Crippen molar-refractivity contribution in [3.8, 4) is 0 Å². The minimum Gasteiger partial charge on any atom is -0.463 e. The maximum Gasteiger partial charge on any atom is 0.306 e. The number of esters is 1. The zero-order chi connectivity index (χ0) is 8.69. The van der Waals surface area contributed by atoms with Gasteiger partial charge in [0.2, 0.25) is 0 Å². The summed E-state index contributed by atoms with van der Waals surface area (Å²) in [5.74, 6) is -0.184. The number of ether oxygens (including phenoxy) is 1. The molecular weight excluding hydrogens is 160 g/mol. The lowest BCUT2D eigenvalue weighted by Crippen LogP contribution is -2.13. The summed E-state index contributed by atoms with van der Waals surface area (Å²) in [4.78, 5) is 10.9. The third kappa shape index (κ3) is 5.98. The topological polar surface area (TPSA) is 26.3 Å². The van der Waals surface area contributed by atoms with Crippen molar-refractivity contribution in [1.82, 2.24) is 0 Å². The van der Waals surface area contributed by atoms with Crippen molar-refractivity contribution in [1.29, 1.82) is 0 Å². The van der Waals surface area contributed by atoms with Crippen LogP contribution in [0.3, 0.4) is 0 Å². The van der Waals surface area contributed by atoms with E-state index in [1.54, 1.807) is 0 Å². The molecule has 0 aliphatic carbocycles. The van der Waals surface area contributed by atoms with Gasteiger partial charge in [-0.05, 0) is 19.8 Å². The fourth-order valence-corrected chi connectivity index (χ4v) is 0.622. The van der Waals surface area contributed by atoms with Crippen LogP contribution in [0, 0.1) is 0 Å². The van der Waals surface area contributed by atoms with Crippen molar-refractivity contribution < 1.29 is 9.53 Å². The van der Waals surface area contributed by atoms with E-state index in [0.717, 1.165) is 6.42 Å². The molecule has 0 aromatic heterocycles. The Kier molecular flexibility index (Phi) is 6.03.